The van der Waals surface area contributed by atoms with E-state index in [0.29, 0.717) is 46.4 Å². The van der Waals surface area contributed by atoms with Gasteiger partial charge in [-0.15, -0.1) is 0 Å². The number of carbonyl (C=O) groups excluding carboxylic acids is 4. The summed E-state index contributed by atoms with van der Waals surface area (Å²) in [4.78, 5) is 58.4. The molecule has 4 aromatic carbocycles. The van der Waals surface area contributed by atoms with E-state index in [2.05, 4.69) is 0 Å². The number of carbonyl (C=O) groups is 4. The first-order chi connectivity index (χ1) is 31.2. The Morgan fingerprint density at radius 2 is 0.688 bits per heavy atom. The smallest absolute Gasteiger partial charge is 0.360 e. The Hall–Kier alpha value is -5.58. The van der Waals surface area contributed by atoms with Crippen LogP contribution in [0.4, 0.5) is 0 Å². The van der Waals surface area contributed by atoms with Crippen molar-refractivity contribution in [2.45, 2.75) is 125 Å². The molecule has 0 aromatic heterocycles. The summed E-state index contributed by atoms with van der Waals surface area (Å²) in [5, 5.41) is 0. The average molecular weight is 865 g/mol. The summed E-state index contributed by atoms with van der Waals surface area (Å²) in [7, 11) is 0. The minimum absolute atomic E-state index is 0.319. The lowest BCUT2D eigenvalue weighted by Gasteiger charge is -2.47. The first kappa shape index (κ1) is 42.4. The van der Waals surface area contributed by atoms with Crippen molar-refractivity contribution < 1.29 is 47.1 Å². The summed E-state index contributed by atoms with van der Waals surface area (Å²) < 4.78 is 27.9. The highest BCUT2D eigenvalue weighted by Gasteiger charge is 2.59. The Kier molecular flexibility index (Phi) is 11.5. The maximum absolute atomic E-state index is 14.9. The first-order valence-electron chi connectivity index (χ1n) is 23.8. The molecule has 10 nitrogen and oxygen atoms in total. The maximum atomic E-state index is 14.9. The van der Waals surface area contributed by atoms with Crippen LogP contribution in [0.2, 0.25) is 0 Å². The van der Waals surface area contributed by atoms with Gasteiger partial charge in [-0.05, 0) is 0 Å². The molecule has 0 radical (unpaired) electrons. The number of piperidine rings is 2. The van der Waals surface area contributed by atoms with E-state index in [1.807, 2.05) is 24.3 Å². The zero-order valence-electron chi connectivity index (χ0n) is 36.6. The largest absolute Gasteiger partial charge is 0.458 e. The molecule has 6 aliphatic rings. The topological polar surface area (TPSA) is 105 Å². The molecule has 4 bridgehead atoms. The minimum Gasteiger partial charge on any atom is -0.458 e. The molecule has 64 heavy (non-hydrogen) atoms. The van der Waals surface area contributed by atoms with Crippen molar-refractivity contribution in [3.05, 3.63) is 156 Å². The van der Waals surface area contributed by atoms with Crippen molar-refractivity contribution in [1.29, 1.82) is 0 Å². The molecule has 4 atom stereocenters. The van der Waals surface area contributed by atoms with Gasteiger partial charge in [-0.1, -0.05) is 121 Å². The number of rotatable bonds is 12. The van der Waals surface area contributed by atoms with Gasteiger partial charge in [-0.3, -0.25) is 0 Å². The highest BCUT2D eigenvalue weighted by molar-refractivity contribution is 5.97. The monoisotopic (exact) mass is 864 g/mol. The standard InChI is InChI=1S/C54H60N2O8/c57-49(63-53(39-17-5-1-6-18-39,40-19-7-2-8-20-40)51(59)61-47-35-43-25-26-44(36-47)55(43)31-13-14-32-55)29-30-50(58)64-54(41-21-9-3-10-22-41,42-23-11-4-12-24-42)52(60)62-48-37-45-27-28-46(38-48)56(45)33-15-16-34-56/h1-12,17-24,29-30,43-48H,13-16,25-28,31-38H2/q+2/b30-29+. The van der Waals surface area contributed by atoms with E-state index in [9.17, 15) is 19.2 Å². The van der Waals surface area contributed by atoms with E-state index < -0.39 is 35.1 Å². The number of nitrogens with zero attached hydrogens (tertiary/aromatic N) is 2. The summed E-state index contributed by atoms with van der Waals surface area (Å²) in [6.45, 7) is 4.78. The Morgan fingerprint density at radius 1 is 0.422 bits per heavy atom. The van der Waals surface area contributed by atoms with Crippen molar-refractivity contribution in [2.24, 2.45) is 0 Å². The second kappa shape index (κ2) is 17.4. The molecule has 0 aliphatic carbocycles. The van der Waals surface area contributed by atoms with Crippen molar-refractivity contribution >= 4 is 23.9 Å². The second-order valence-electron chi connectivity index (χ2n) is 19.3. The first-order valence-corrected chi connectivity index (χ1v) is 23.8. The number of hydrogen-bond acceptors (Lipinski definition) is 8. The molecular weight excluding hydrogens is 805 g/mol. The molecule has 10 rings (SSSR count). The van der Waals surface area contributed by atoms with E-state index in [1.165, 1.54) is 51.9 Å². The molecule has 2 spiro atoms. The predicted octanol–water partition coefficient (Wildman–Crippen LogP) is 8.21. The maximum Gasteiger partial charge on any atom is 0.360 e. The van der Waals surface area contributed by atoms with Gasteiger partial charge >= 0.3 is 23.9 Å². The number of esters is 4. The summed E-state index contributed by atoms with van der Waals surface area (Å²) in [5.41, 5.74) is -2.30. The normalized spacial score (nSPS) is 26.5. The summed E-state index contributed by atoms with van der Waals surface area (Å²) in [6, 6.07) is 37.5. The zero-order chi connectivity index (χ0) is 43.8. The Labute approximate surface area is 376 Å². The van der Waals surface area contributed by atoms with Crippen molar-refractivity contribution in [3.8, 4) is 0 Å². The fourth-order valence-electron chi connectivity index (χ4n) is 13.4. The highest BCUT2D eigenvalue weighted by atomic mass is 16.6. The van der Waals surface area contributed by atoms with Crippen LogP contribution >= 0.6 is 0 Å². The zero-order valence-corrected chi connectivity index (χ0v) is 36.6. The van der Waals surface area contributed by atoms with Crippen molar-refractivity contribution in [2.75, 3.05) is 26.2 Å². The van der Waals surface area contributed by atoms with Gasteiger partial charge in [0.25, 0.3) is 11.2 Å². The lowest BCUT2D eigenvalue weighted by atomic mass is 9.85. The summed E-state index contributed by atoms with van der Waals surface area (Å²) >= 11 is 0. The molecule has 10 heteroatoms. The van der Waals surface area contributed by atoms with Gasteiger partial charge in [0.2, 0.25) is 0 Å². The third-order valence-corrected chi connectivity index (χ3v) is 16.2. The molecule has 4 aromatic rings. The minimum atomic E-state index is -1.99. The molecule has 6 saturated heterocycles. The van der Waals surface area contributed by atoms with Crippen LogP contribution in [-0.4, -0.2) is 95.4 Å². The summed E-state index contributed by atoms with van der Waals surface area (Å²) in [6.07, 6.45) is 13.9. The van der Waals surface area contributed by atoms with Gasteiger partial charge in [0, 0.05) is 111 Å². The van der Waals surface area contributed by atoms with Gasteiger partial charge in [0.1, 0.15) is 12.2 Å². The molecule has 6 heterocycles. The molecule has 0 saturated carbocycles. The molecular formula is C54H60N2O8+2. The SMILES string of the molecule is O=C(/C=C/C(=O)OC(C(=O)OC1CC2CCC(C1)[N+]21CCCC1)(c1ccccc1)c1ccccc1)OC(C(=O)OC1CC2CCC(C1)[N+]21CCCC1)(c1ccccc1)c1ccccc1. The predicted molar refractivity (Wildman–Crippen MR) is 239 cm³/mol. The van der Waals surface area contributed by atoms with Crippen LogP contribution in [-0.2, 0) is 49.3 Å². The summed E-state index contributed by atoms with van der Waals surface area (Å²) in [5.74, 6) is -3.29. The van der Waals surface area contributed by atoms with Crippen LogP contribution in [0, 0.1) is 0 Å². The second-order valence-corrected chi connectivity index (χ2v) is 19.3. The van der Waals surface area contributed by atoms with Gasteiger partial charge in [0.15, 0.2) is 0 Å². The van der Waals surface area contributed by atoms with Gasteiger partial charge in [0.05, 0.1) is 50.3 Å². The Bertz CT molecular complexity index is 2070. The lowest BCUT2D eigenvalue weighted by molar-refractivity contribution is -0.956. The number of ether oxygens (including phenoxy) is 4. The fraction of sp³-hybridized carbons (Fsp3) is 0.444. The Morgan fingerprint density at radius 3 is 0.953 bits per heavy atom. The third kappa shape index (κ3) is 7.36. The van der Waals surface area contributed by atoms with Crippen LogP contribution in [0.25, 0.3) is 0 Å². The van der Waals surface area contributed by atoms with Crippen molar-refractivity contribution in [1.82, 2.24) is 0 Å². The average Bonchev–Trinajstić information content (AvgIpc) is 4.09. The van der Waals surface area contributed by atoms with E-state index in [4.69, 9.17) is 18.9 Å². The van der Waals surface area contributed by atoms with E-state index >= 15 is 0 Å². The Balaban J connectivity index is 0.930. The molecule has 4 unspecified atom stereocenters. The quantitative estimate of drug-likeness (QED) is 0.0608. The molecule has 6 fully saturated rings. The van der Waals surface area contributed by atoms with Crippen molar-refractivity contribution in [3.63, 3.8) is 0 Å². The van der Waals surface area contributed by atoms with Crippen LogP contribution in [0.1, 0.15) is 99.3 Å². The van der Waals surface area contributed by atoms with E-state index in [1.54, 1.807) is 97.1 Å². The fourth-order valence-corrected chi connectivity index (χ4v) is 13.4. The molecule has 0 amide bonds. The van der Waals surface area contributed by atoms with Crippen LogP contribution in [0.15, 0.2) is 133 Å². The lowest BCUT2D eigenvalue weighted by Crippen LogP contribution is -2.60. The number of hydrogen-bond donors (Lipinski definition) is 0. The molecule has 6 aliphatic heterocycles. The van der Waals surface area contributed by atoms with Gasteiger partial charge < -0.3 is 27.9 Å². The van der Waals surface area contributed by atoms with Crippen LogP contribution < -0.4 is 0 Å². The van der Waals surface area contributed by atoms with E-state index in [0.717, 1.165) is 72.5 Å². The van der Waals surface area contributed by atoms with Crippen LogP contribution in [0.3, 0.4) is 0 Å². The molecule has 332 valence electrons. The third-order valence-electron chi connectivity index (χ3n) is 16.2. The highest BCUT2D eigenvalue weighted by Crippen LogP contribution is 2.49. The van der Waals surface area contributed by atoms with E-state index in [-0.39, 0.29) is 12.2 Å². The number of quaternary nitrogens is 2. The van der Waals surface area contributed by atoms with Crippen LogP contribution in [0.5, 0.6) is 0 Å². The molecule has 0 N–H and O–H groups in total. The number of benzene rings is 4. The van der Waals surface area contributed by atoms with Gasteiger partial charge in [-0.25, -0.2) is 19.2 Å². The van der Waals surface area contributed by atoms with Gasteiger partial charge in [-0.2, -0.15) is 0 Å².